The summed E-state index contributed by atoms with van der Waals surface area (Å²) in [6.45, 7) is 4.43. The van der Waals surface area contributed by atoms with Crippen molar-refractivity contribution in [1.29, 1.82) is 0 Å². The Kier molecular flexibility index (Phi) is 4.11. The molecule has 0 aliphatic heterocycles. The summed E-state index contributed by atoms with van der Waals surface area (Å²) >= 11 is 0. The predicted octanol–water partition coefficient (Wildman–Crippen LogP) is 6.87. The third kappa shape index (κ3) is 3.08. The number of hydrogen-bond acceptors (Lipinski definition) is 0. The zero-order chi connectivity index (χ0) is 17.2. The molecule has 0 atom stereocenters. The van der Waals surface area contributed by atoms with Crippen LogP contribution >= 0.6 is 0 Å². The number of aryl methyl sites for hydroxylation is 2. The van der Waals surface area contributed by atoms with Crippen LogP contribution in [0, 0.1) is 13.8 Å². The normalized spacial score (nSPS) is 11.6. The summed E-state index contributed by atoms with van der Waals surface area (Å²) in [5, 5.41) is 5.28. The largest absolute Gasteiger partial charge is 0.0795 e. The average molecular weight is 322 g/mol. The molecular formula is C25H22. The molecule has 0 fully saturated rings. The molecule has 4 aromatic carbocycles. The van der Waals surface area contributed by atoms with Crippen molar-refractivity contribution in [2.75, 3.05) is 0 Å². The molecule has 4 rings (SSSR count). The van der Waals surface area contributed by atoms with Gasteiger partial charge >= 0.3 is 0 Å². The van der Waals surface area contributed by atoms with Crippen LogP contribution in [-0.2, 0) is 6.42 Å². The summed E-state index contributed by atoms with van der Waals surface area (Å²) in [5.41, 5.74) is 5.40. The van der Waals surface area contributed by atoms with Gasteiger partial charge in [0.1, 0.15) is 0 Å². The minimum absolute atomic E-state index is 0.955. The number of benzene rings is 4. The van der Waals surface area contributed by atoms with Gasteiger partial charge in [0.2, 0.25) is 0 Å². The summed E-state index contributed by atoms with van der Waals surface area (Å²) in [4.78, 5) is 0. The minimum atomic E-state index is 0.955. The molecule has 0 saturated carbocycles. The van der Waals surface area contributed by atoms with Crippen molar-refractivity contribution < 1.29 is 0 Å². The van der Waals surface area contributed by atoms with Crippen molar-refractivity contribution >= 4 is 27.6 Å². The summed E-state index contributed by atoms with van der Waals surface area (Å²) in [7, 11) is 0. The van der Waals surface area contributed by atoms with Gasteiger partial charge in [0.25, 0.3) is 0 Å². The lowest BCUT2D eigenvalue weighted by Gasteiger charge is -2.10. The molecule has 0 bridgehead atoms. The Morgan fingerprint density at radius 3 is 2.28 bits per heavy atom. The molecule has 0 heteroatoms. The second kappa shape index (κ2) is 6.57. The predicted molar refractivity (Wildman–Crippen MR) is 110 cm³/mol. The van der Waals surface area contributed by atoms with E-state index in [0.717, 1.165) is 6.42 Å². The van der Waals surface area contributed by atoms with Gasteiger partial charge in [-0.25, -0.2) is 0 Å². The van der Waals surface area contributed by atoms with E-state index in [0.29, 0.717) is 0 Å². The van der Waals surface area contributed by atoms with Crippen molar-refractivity contribution in [3.63, 3.8) is 0 Å². The van der Waals surface area contributed by atoms with E-state index < -0.39 is 0 Å². The first-order chi connectivity index (χ1) is 12.2. The smallest absolute Gasteiger partial charge is 0.00939 e. The molecule has 0 radical (unpaired) electrons. The van der Waals surface area contributed by atoms with Crippen molar-refractivity contribution in [1.82, 2.24) is 0 Å². The van der Waals surface area contributed by atoms with Crippen molar-refractivity contribution in [3.8, 4) is 0 Å². The van der Waals surface area contributed by atoms with Crippen LogP contribution in [0.5, 0.6) is 0 Å². The molecule has 0 aromatic heterocycles. The zero-order valence-electron chi connectivity index (χ0n) is 14.8. The van der Waals surface area contributed by atoms with Crippen LogP contribution in [0.3, 0.4) is 0 Å². The third-order valence-electron chi connectivity index (χ3n) is 5.02. The van der Waals surface area contributed by atoms with Crippen LogP contribution in [-0.4, -0.2) is 0 Å². The number of fused-ring (bicyclic) bond motifs is 2. The molecule has 0 spiro atoms. The summed E-state index contributed by atoms with van der Waals surface area (Å²) in [5.74, 6) is 0. The van der Waals surface area contributed by atoms with Gasteiger partial charge in [-0.1, -0.05) is 84.9 Å². The molecule has 0 amide bonds. The Hall–Kier alpha value is -2.86. The number of rotatable bonds is 3. The maximum Gasteiger partial charge on any atom is -0.00939 e. The van der Waals surface area contributed by atoms with Gasteiger partial charge in [-0.15, -0.1) is 0 Å². The molecule has 0 aliphatic carbocycles. The second-order valence-corrected chi connectivity index (χ2v) is 6.74. The van der Waals surface area contributed by atoms with Gasteiger partial charge in [-0.3, -0.25) is 0 Å². The first-order valence-corrected chi connectivity index (χ1v) is 8.85. The molecule has 122 valence electrons. The second-order valence-electron chi connectivity index (χ2n) is 6.74. The summed E-state index contributed by atoms with van der Waals surface area (Å²) < 4.78 is 0. The first kappa shape index (κ1) is 15.7. The van der Waals surface area contributed by atoms with Gasteiger partial charge in [0, 0.05) is 0 Å². The summed E-state index contributed by atoms with van der Waals surface area (Å²) in [6.07, 6.45) is 5.52. The van der Waals surface area contributed by atoms with Crippen molar-refractivity contribution in [2.24, 2.45) is 0 Å². The molecular weight excluding hydrogens is 300 g/mol. The van der Waals surface area contributed by atoms with Gasteiger partial charge in [0.15, 0.2) is 0 Å². The van der Waals surface area contributed by atoms with E-state index in [1.807, 2.05) is 0 Å². The molecule has 0 unspecified atom stereocenters. The maximum atomic E-state index is 2.29. The summed E-state index contributed by atoms with van der Waals surface area (Å²) in [6, 6.07) is 26.2. The lowest BCUT2D eigenvalue weighted by atomic mass is 9.95. The van der Waals surface area contributed by atoms with E-state index in [1.165, 1.54) is 43.8 Å². The van der Waals surface area contributed by atoms with E-state index in [4.69, 9.17) is 0 Å². The molecule has 25 heavy (non-hydrogen) atoms. The van der Waals surface area contributed by atoms with E-state index >= 15 is 0 Å². The van der Waals surface area contributed by atoms with Crippen LogP contribution < -0.4 is 0 Å². The Morgan fingerprint density at radius 2 is 1.44 bits per heavy atom. The highest BCUT2D eigenvalue weighted by Crippen LogP contribution is 2.26. The highest BCUT2D eigenvalue weighted by Gasteiger charge is 2.04. The standard InChI is InChI=1S/C25H22/c1-18-16-23-11-5-6-12-25(23)19(2)24(18)13-7-8-20-14-15-21-9-3-4-10-22(21)17-20/h3-7,9-17H,8H2,1-2H3. The minimum Gasteiger partial charge on any atom is -0.0795 e. The van der Waals surface area contributed by atoms with Gasteiger partial charge in [-0.2, -0.15) is 0 Å². The van der Waals surface area contributed by atoms with Crippen LogP contribution in [0.25, 0.3) is 27.6 Å². The molecule has 4 aromatic rings. The molecule has 0 aliphatic rings. The Bertz CT molecular complexity index is 1080. The lowest BCUT2D eigenvalue weighted by Crippen LogP contribution is -1.89. The molecule has 0 nitrogen and oxygen atoms in total. The van der Waals surface area contributed by atoms with Crippen molar-refractivity contribution in [3.05, 3.63) is 101 Å². The Morgan fingerprint density at radius 1 is 0.720 bits per heavy atom. The van der Waals surface area contributed by atoms with Crippen LogP contribution in [0.15, 0.2) is 78.9 Å². The average Bonchev–Trinajstić information content (AvgIpc) is 2.64. The zero-order valence-corrected chi connectivity index (χ0v) is 14.8. The fourth-order valence-electron chi connectivity index (χ4n) is 3.65. The van der Waals surface area contributed by atoms with Gasteiger partial charge < -0.3 is 0 Å². The SMILES string of the molecule is Cc1cc2ccccc2c(C)c1C=CCc1ccc2ccccc2c1. The molecule has 0 saturated heterocycles. The Labute approximate surface area is 149 Å². The monoisotopic (exact) mass is 322 g/mol. The van der Waals surface area contributed by atoms with Gasteiger partial charge in [-0.05, 0) is 64.1 Å². The van der Waals surface area contributed by atoms with Crippen molar-refractivity contribution in [2.45, 2.75) is 20.3 Å². The quantitative estimate of drug-likeness (QED) is 0.386. The lowest BCUT2D eigenvalue weighted by molar-refractivity contribution is 1.29. The first-order valence-electron chi connectivity index (χ1n) is 8.85. The van der Waals surface area contributed by atoms with E-state index in [9.17, 15) is 0 Å². The number of allylic oxidation sites excluding steroid dienone is 1. The topological polar surface area (TPSA) is 0 Å². The van der Waals surface area contributed by atoms with Crippen LogP contribution in [0.4, 0.5) is 0 Å². The van der Waals surface area contributed by atoms with E-state index in [1.54, 1.807) is 0 Å². The van der Waals surface area contributed by atoms with Crippen LogP contribution in [0.1, 0.15) is 22.3 Å². The number of hydrogen-bond donors (Lipinski definition) is 0. The molecule has 0 heterocycles. The Balaban J connectivity index is 1.64. The molecule has 0 N–H and O–H groups in total. The van der Waals surface area contributed by atoms with E-state index in [-0.39, 0.29) is 0 Å². The highest BCUT2D eigenvalue weighted by atomic mass is 14.1. The fourth-order valence-corrected chi connectivity index (χ4v) is 3.65. The van der Waals surface area contributed by atoms with Crippen LogP contribution in [0.2, 0.25) is 0 Å². The third-order valence-corrected chi connectivity index (χ3v) is 5.02. The van der Waals surface area contributed by atoms with E-state index in [2.05, 4.69) is 98.8 Å². The van der Waals surface area contributed by atoms with Gasteiger partial charge in [0.05, 0.1) is 0 Å². The maximum absolute atomic E-state index is 2.29. The fraction of sp³-hybridized carbons (Fsp3) is 0.120. The highest BCUT2D eigenvalue weighted by molar-refractivity contribution is 5.89.